The summed E-state index contributed by atoms with van der Waals surface area (Å²) in [6.45, 7) is 0. The van der Waals surface area contributed by atoms with Crippen molar-refractivity contribution in [2.24, 2.45) is 0 Å². The van der Waals surface area contributed by atoms with Gasteiger partial charge < -0.3 is 15.6 Å². The maximum atomic E-state index is 10.8. The van der Waals surface area contributed by atoms with E-state index in [1.54, 1.807) is 31.4 Å². The van der Waals surface area contributed by atoms with Gasteiger partial charge >= 0.3 is 5.97 Å². The lowest BCUT2D eigenvalue weighted by molar-refractivity contribution is -0.136. The molecule has 0 fully saturated rings. The third kappa shape index (κ3) is 3.04. The van der Waals surface area contributed by atoms with Gasteiger partial charge in [-0.25, -0.2) is 0 Å². The number of nitrogen functional groups attached to an aromatic ring is 1. The first-order chi connectivity index (χ1) is 9.10. The number of aliphatic carboxylic acids is 1. The molecule has 4 nitrogen and oxygen atoms in total. The number of carboxylic acids is 1. The van der Waals surface area contributed by atoms with Crippen LogP contribution in [0.3, 0.4) is 0 Å². The van der Waals surface area contributed by atoms with Crippen LogP contribution >= 0.6 is 0 Å². The molecule has 4 heteroatoms. The normalized spacial score (nSPS) is 10.2. The van der Waals surface area contributed by atoms with E-state index in [0.717, 1.165) is 16.7 Å². The minimum absolute atomic E-state index is 0.00797. The molecule has 0 saturated heterocycles. The van der Waals surface area contributed by atoms with Crippen molar-refractivity contribution in [3.63, 3.8) is 0 Å². The molecule has 3 N–H and O–H groups in total. The van der Waals surface area contributed by atoms with Crippen LogP contribution < -0.4 is 10.5 Å². The first kappa shape index (κ1) is 13.0. The Kier molecular flexibility index (Phi) is 3.71. The van der Waals surface area contributed by atoms with Gasteiger partial charge in [-0.2, -0.15) is 0 Å². The summed E-state index contributed by atoms with van der Waals surface area (Å²) in [5.41, 5.74) is 8.89. The monoisotopic (exact) mass is 257 g/mol. The lowest BCUT2D eigenvalue weighted by atomic mass is 10.0. The summed E-state index contributed by atoms with van der Waals surface area (Å²) in [5.74, 6) is -0.146. The van der Waals surface area contributed by atoms with Crippen LogP contribution in [-0.4, -0.2) is 18.2 Å². The van der Waals surface area contributed by atoms with E-state index >= 15 is 0 Å². The van der Waals surface area contributed by atoms with E-state index in [1.165, 1.54) is 0 Å². The van der Waals surface area contributed by atoms with Crippen molar-refractivity contribution in [1.82, 2.24) is 0 Å². The fraction of sp³-hybridized carbons (Fsp3) is 0.133. The van der Waals surface area contributed by atoms with E-state index < -0.39 is 5.97 Å². The highest BCUT2D eigenvalue weighted by molar-refractivity contribution is 5.75. The Balaban J connectivity index is 2.46. The third-order valence-electron chi connectivity index (χ3n) is 2.84. The third-order valence-corrected chi connectivity index (χ3v) is 2.84. The molecule has 0 spiro atoms. The van der Waals surface area contributed by atoms with Gasteiger partial charge in [0.25, 0.3) is 0 Å². The smallest absolute Gasteiger partial charge is 0.307 e. The van der Waals surface area contributed by atoms with E-state index in [0.29, 0.717) is 11.4 Å². The number of anilines is 1. The van der Waals surface area contributed by atoms with Gasteiger partial charge in [-0.15, -0.1) is 0 Å². The Labute approximate surface area is 111 Å². The minimum atomic E-state index is -0.853. The Morgan fingerprint density at radius 2 is 1.89 bits per heavy atom. The van der Waals surface area contributed by atoms with Crippen LogP contribution in [0.1, 0.15) is 5.56 Å². The van der Waals surface area contributed by atoms with E-state index in [-0.39, 0.29) is 6.42 Å². The van der Waals surface area contributed by atoms with Crippen molar-refractivity contribution in [2.45, 2.75) is 6.42 Å². The van der Waals surface area contributed by atoms with E-state index in [2.05, 4.69) is 0 Å². The van der Waals surface area contributed by atoms with E-state index in [1.807, 2.05) is 18.2 Å². The number of rotatable bonds is 4. The summed E-state index contributed by atoms with van der Waals surface area (Å²) in [7, 11) is 1.59. The van der Waals surface area contributed by atoms with Crippen LogP contribution in [0.2, 0.25) is 0 Å². The molecule has 0 unspecified atom stereocenters. The van der Waals surface area contributed by atoms with Crippen LogP contribution in [0.25, 0.3) is 11.1 Å². The largest absolute Gasteiger partial charge is 0.496 e. The number of hydrogen-bond donors (Lipinski definition) is 2. The van der Waals surface area contributed by atoms with Crippen molar-refractivity contribution in [1.29, 1.82) is 0 Å². The molecule has 0 amide bonds. The molecule has 0 aromatic heterocycles. The van der Waals surface area contributed by atoms with Gasteiger partial charge in [-0.1, -0.05) is 18.2 Å². The average molecular weight is 257 g/mol. The zero-order valence-electron chi connectivity index (χ0n) is 10.6. The van der Waals surface area contributed by atoms with Crippen LogP contribution in [-0.2, 0) is 11.2 Å². The second kappa shape index (κ2) is 5.44. The second-order valence-electron chi connectivity index (χ2n) is 4.23. The predicted molar refractivity (Wildman–Crippen MR) is 74.2 cm³/mol. The molecule has 0 atom stereocenters. The van der Waals surface area contributed by atoms with Gasteiger partial charge in [-0.3, -0.25) is 4.79 Å². The molecule has 0 aliphatic rings. The fourth-order valence-electron chi connectivity index (χ4n) is 1.93. The number of carboxylic acid groups (broad SMARTS) is 1. The van der Waals surface area contributed by atoms with Gasteiger partial charge in [0.15, 0.2) is 0 Å². The molecule has 0 radical (unpaired) electrons. The first-order valence-electron chi connectivity index (χ1n) is 5.85. The summed E-state index contributed by atoms with van der Waals surface area (Å²) in [6.07, 6.45) is -0.00797. The standard InChI is InChI=1S/C15H15NO3/c1-19-14-7-2-10(9-15(17)18)8-13(14)11-3-5-12(16)6-4-11/h2-8H,9,16H2,1H3,(H,17,18). The molecule has 0 heterocycles. The lowest BCUT2D eigenvalue weighted by Crippen LogP contribution is -2.00. The van der Waals surface area contributed by atoms with Crippen molar-refractivity contribution >= 4 is 11.7 Å². The molecule has 0 bridgehead atoms. The summed E-state index contributed by atoms with van der Waals surface area (Å²) in [6, 6.07) is 12.8. The average Bonchev–Trinajstić information content (AvgIpc) is 2.39. The highest BCUT2D eigenvalue weighted by Gasteiger charge is 2.09. The molecular formula is C15H15NO3. The van der Waals surface area contributed by atoms with Crippen molar-refractivity contribution in [3.05, 3.63) is 48.0 Å². The number of hydrogen-bond acceptors (Lipinski definition) is 3. The van der Waals surface area contributed by atoms with Crippen LogP contribution in [0.15, 0.2) is 42.5 Å². The molecule has 2 aromatic rings. The number of methoxy groups -OCH3 is 1. The molecular weight excluding hydrogens is 242 g/mol. The Hall–Kier alpha value is -2.49. The van der Waals surface area contributed by atoms with Crippen LogP contribution in [0.4, 0.5) is 5.69 Å². The summed E-state index contributed by atoms with van der Waals surface area (Å²) in [4.78, 5) is 10.8. The number of nitrogens with two attached hydrogens (primary N) is 1. The van der Waals surface area contributed by atoms with Gasteiger partial charge in [0.2, 0.25) is 0 Å². The molecule has 0 aliphatic heterocycles. The molecule has 2 aromatic carbocycles. The molecule has 0 saturated carbocycles. The second-order valence-corrected chi connectivity index (χ2v) is 4.23. The quantitative estimate of drug-likeness (QED) is 0.826. The number of carbonyl (C=O) groups is 1. The topological polar surface area (TPSA) is 72.5 Å². The van der Waals surface area contributed by atoms with E-state index in [9.17, 15) is 4.79 Å². The lowest BCUT2D eigenvalue weighted by Gasteiger charge is -2.10. The van der Waals surface area contributed by atoms with Crippen LogP contribution in [0, 0.1) is 0 Å². The van der Waals surface area contributed by atoms with E-state index in [4.69, 9.17) is 15.6 Å². The van der Waals surface area contributed by atoms with Crippen molar-refractivity contribution in [3.8, 4) is 16.9 Å². The Morgan fingerprint density at radius 1 is 1.21 bits per heavy atom. The predicted octanol–water partition coefficient (Wildman–Crippen LogP) is 2.57. The maximum absolute atomic E-state index is 10.8. The summed E-state index contributed by atoms with van der Waals surface area (Å²) >= 11 is 0. The molecule has 2 rings (SSSR count). The SMILES string of the molecule is COc1ccc(CC(=O)O)cc1-c1ccc(N)cc1. The Morgan fingerprint density at radius 3 is 2.47 bits per heavy atom. The molecule has 19 heavy (non-hydrogen) atoms. The van der Waals surface area contributed by atoms with Crippen molar-refractivity contribution in [2.75, 3.05) is 12.8 Å². The highest BCUT2D eigenvalue weighted by atomic mass is 16.5. The number of ether oxygens (including phenoxy) is 1. The van der Waals surface area contributed by atoms with Crippen LogP contribution in [0.5, 0.6) is 5.75 Å². The Bertz CT molecular complexity index is 591. The molecule has 0 aliphatic carbocycles. The van der Waals surface area contributed by atoms with Gasteiger partial charge in [-0.05, 0) is 35.4 Å². The van der Waals surface area contributed by atoms with Gasteiger partial charge in [0.1, 0.15) is 5.75 Å². The zero-order valence-corrected chi connectivity index (χ0v) is 10.6. The number of benzene rings is 2. The fourth-order valence-corrected chi connectivity index (χ4v) is 1.93. The summed E-state index contributed by atoms with van der Waals surface area (Å²) in [5, 5.41) is 8.84. The highest BCUT2D eigenvalue weighted by Crippen LogP contribution is 2.31. The first-order valence-corrected chi connectivity index (χ1v) is 5.85. The summed E-state index contributed by atoms with van der Waals surface area (Å²) < 4.78 is 5.31. The zero-order chi connectivity index (χ0) is 13.8. The van der Waals surface area contributed by atoms with Gasteiger partial charge in [0.05, 0.1) is 13.5 Å². The maximum Gasteiger partial charge on any atom is 0.307 e. The minimum Gasteiger partial charge on any atom is -0.496 e. The van der Waals surface area contributed by atoms with Gasteiger partial charge in [0, 0.05) is 11.3 Å². The van der Waals surface area contributed by atoms with Crippen molar-refractivity contribution < 1.29 is 14.6 Å². The molecule has 98 valence electrons.